The molecule has 0 saturated heterocycles. The van der Waals surface area contributed by atoms with Crippen LogP contribution >= 0.6 is 11.8 Å². The summed E-state index contributed by atoms with van der Waals surface area (Å²) in [4.78, 5) is 1.17. The quantitative estimate of drug-likeness (QED) is 0.877. The number of hydrogen-bond acceptors (Lipinski definition) is 2. The third kappa shape index (κ3) is 2.80. The van der Waals surface area contributed by atoms with Gasteiger partial charge in [-0.3, -0.25) is 0 Å². The largest absolute Gasteiger partial charge is 0.416 e. The van der Waals surface area contributed by atoms with E-state index in [0.29, 0.717) is 5.56 Å². The van der Waals surface area contributed by atoms with Gasteiger partial charge in [0.05, 0.1) is 5.56 Å². The molecule has 1 heterocycles. The number of hydrogen-bond donors (Lipinski definition) is 1. The zero-order valence-electron chi connectivity index (χ0n) is 11.1. The van der Waals surface area contributed by atoms with Crippen molar-refractivity contribution in [3.05, 3.63) is 65.2 Å². The minimum Gasteiger partial charge on any atom is -0.323 e. The average molecular weight is 309 g/mol. The average Bonchev–Trinajstić information content (AvgIpc) is 2.90. The second-order valence-corrected chi connectivity index (χ2v) is 6.17. The van der Waals surface area contributed by atoms with Crippen LogP contribution in [0.15, 0.2) is 53.4 Å². The fraction of sp³-hybridized carbons (Fsp3) is 0.250. The van der Waals surface area contributed by atoms with Crippen LogP contribution in [0.1, 0.15) is 28.7 Å². The van der Waals surface area contributed by atoms with Gasteiger partial charge in [0.25, 0.3) is 0 Å². The van der Waals surface area contributed by atoms with Crippen molar-refractivity contribution in [3.8, 4) is 0 Å². The first-order valence-electron chi connectivity index (χ1n) is 6.61. The van der Waals surface area contributed by atoms with Crippen LogP contribution in [-0.2, 0) is 6.18 Å². The lowest BCUT2D eigenvalue weighted by Gasteiger charge is -2.21. The number of thioether (sulfide) groups is 1. The molecule has 0 aromatic heterocycles. The molecule has 1 aliphatic heterocycles. The molecule has 0 fully saturated rings. The second kappa shape index (κ2) is 5.39. The van der Waals surface area contributed by atoms with E-state index in [-0.39, 0.29) is 5.92 Å². The lowest BCUT2D eigenvalue weighted by Crippen LogP contribution is -2.20. The molecule has 0 spiro atoms. The van der Waals surface area contributed by atoms with Gasteiger partial charge in [-0.25, -0.2) is 0 Å². The van der Waals surface area contributed by atoms with E-state index in [2.05, 4.69) is 0 Å². The third-order valence-electron chi connectivity index (χ3n) is 3.77. The first-order valence-corrected chi connectivity index (χ1v) is 7.60. The summed E-state index contributed by atoms with van der Waals surface area (Å²) < 4.78 is 38.4. The normalized spacial score (nSPS) is 19.3. The van der Waals surface area contributed by atoms with Crippen LogP contribution < -0.4 is 5.73 Å². The predicted molar refractivity (Wildman–Crippen MR) is 78.3 cm³/mol. The van der Waals surface area contributed by atoms with Gasteiger partial charge in [-0.2, -0.15) is 13.2 Å². The summed E-state index contributed by atoms with van der Waals surface area (Å²) in [7, 11) is 0. The molecular weight excluding hydrogens is 295 g/mol. The SMILES string of the molecule is NC(c1cccc(C(F)(F)F)c1)C1CSc2ccccc21. The van der Waals surface area contributed by atoms with Crippen molar-refractivity contribution < 1.29 is 13.2 Å². The molecule has 3 rings (SSSR count). The van der Waals surface area contributed by atoms with Crippen LogP contribution in [0, 0.1) is 0 Å². The number of alkyl halides is 3. The Hall–Kier alpha value is -1.46. The maximum Gasteiger partial charge on any atom is 0.416 e. The molecule has 2 aromatic carbocycles. The van der Waals surface area contributed by atoms with E-state index < -0.39 is 17.8 Å². The maximum atomic E-state index is 12.8. The molecule has 2 atom stereocenters. The Morgan fingerprint density at radius 1 is 1.10 bits per heavy atom. The molecule has 0 aliphatic carbocycles. The maximum absolute atomic E-state index is 12.8. The van der Waals surface area contributed by atoms with Crippen molar-refractivity contribution in [3.63, 3.8) is 0 Å². The highest BCUT2D eigenvalue weighted by atomic mass is 32.2. The van der Waals surface area contributed by atoms with E-state index in [1.54, 1.807) is 17.8 Å². The molecule has 110 valence electrons. The molecule has 2 aromatic rings. The molecule has 5 heteroatoms. The molecule has 21 heavy (non-hydrogen) atoms. The molecule has 1 nitrogen and oxygen atoms in total. The Balaban J connectivity index is 1.92. The van der Waals surface area contributed by atoms with Crippen molar-refractivity contribution in [1.29, 1.82) is 0 Å². The number of benzene rings is 2. The summed E-state index contributed by atoms with van der Waals surface area (Å²) in [5.41, 5.74) is 7.27. The highest BCUT2D eigenvalue weighted by Gasteiger charge is 2.33. The van der Waals surface area contributed by atoms with E-state index in [9.17, 15) is 13.2 Å². The Bertz CT molecular complexity index is 654. The lowest BCUT2D eigenvalue weighted by molar-refractivity contribution is -0.137. The summed E-state index contributed by atoms with van der Waals surface area (Å²) >= 11 is 1.71. The van der Waals surface area contributed by atoms with E-state index in [0.717, 1.165) is 23.4 Å². The summed E-state index contributed by atoms with van der Waals surface area (Å²) in [6.45, 7) is 0. The molecule has 0 radical (unpaired) electrons. The Kier molecular flexibility index (Phi) is 3.71. The zero-order chi connectivity index (χ0) is 15.0. The predicted octanol–water partition coefficient (Wildman–Crippen LogP) is 4.59. The van der Waals surface area contributed by atoms with Gasteiger partial charge < -0.3 is 5.73 Å². The van der Waals surface area contributed by atoms with Crippen molar-refractivity contribution in [2.24, 2.45) is 5.73 Å². The van der Waals surface area contributed by atoms with Crippen LogP contribution in [0.25, 0.3) is 0 Å². The Morgan fingerprint density at radius 2 is 1.86 bits per heavy atom. The highest BCUT2D eigenvalue weighted by Crippen LogP contribution is 2.45. The van der Waals surface area contributed by atoms with E-state index in [1.165, 1.54) is 11.0 Å². The standard InChI is InChI=1S/C16H14F3NS/c17-16(18,19)11-5-3-4-10(8-11)15(20)13-9-21-14-7-2-1-6-12(13)14/h1-8,13,15H,9,20H2. The number of rotatable bonds is 2. The molecular formula is C16H14F3NS. The van der Waals surface area contributed by atoms with Crippen molar-refractivity contribution in [2.45, 2.75) is 23.0 Å². The van der Waals surface area contributed by atoms with Crippen LogP contribution in [-0.4, -0.2) is 5.75 Å². The molecule has 2 N–H and O–H groups in total. The van der Waals surface area contributed by atoms with Crippen LogP contribution in [0.5, 0.6) is 0 Å². The van der Waals surface area contributed by atoms with Crippen LogP contribution in [0.2, 0.25) is 0 Å². The summed E-state index contributed by atoms with van der Waals surface area (Å²) in [6.07, 6.45) is -4.34. The first kappa shape index (κ1) is 14.5. The summed E-state index contributed by atoms with van der Waals surface area (Å²) in [5.74, 6) is 0.853. The van der Waals surface area contributed by atoms with Gasteiger partial charge in [0, 0.05) is 22.6 Å². The van der Waals surface area contributed by atoms with Gasteiger partial charge in [0.1, 0.15) is 0 Å². The lowest BCUT2D eigenvalue weighted by atomic mass is 9.88. The van der Waals surface area contributed by atoms with Crippen LogP contribution in [0.4, 0.5) is 13.2 Å². The first-order chi connectivity index (χ1) is 9.97. The van der Waals surface area contributed by atoms with Crippen molar-refractivity contribution in [1.82, 2.24) is 0 Å². The molecule has 0 bridgehead atoms. The fourth-order valence-electron chi connectivity index (χ4n) is 2.64. The van der Waals surface area contributed by atoms with Crippen molar-refractivity contribution >= 4 is 11.8 Å². The monoisotopic (exact) mass is 309 g/mol. The highest BCUT2D eigenvalue weighted by molar-refractivity contribution is 7.99. The van der Waals surface area contributed by atoms with Crippen LogP contribution in [0.3, 0.4) is 0 Å². The van der Waals surface area contributed by atoms with Gasteiger partial charge in [0.15, 0.2) is 0 Å². The molecule has 0 saturated carbocycles. The van der Waals surface area contributed by atoms with Gasteiger partial charge in [-0.1, -0.05) is 30.3 Å². The summed E-state index contributed by atoms with van der Waals surface area (Å²) in [6, 6.07) is 12.8. The molecule has 1 aliphatic rings. The number of fused-ring (bicyclic) bond motifs is 1. The number of halogens is 3. The fourth-order valence-corrected chi connectivity index (χ4v) is 3.95. The Labute approximate surface area is 125 Å². The van der Waals surface area contributed by atoms with Gasteiger partial charge >= 0.3 is 6.18 Å². The molecule has 0 amide bonds. The van der Waals surface area contributed by atoms with Gasteiger partial charge in [-0.15, -0.1) is 11.8 Å². The van der Waals surface area contributed by atoms with Gasteiger partial charge in [0.2, 0.25) is 0 Å². The third-order valence-corrected chi connectivity index (χ3v) is 4.98. The number of nitrogens with two attached hydrogens (primary N) is 1. The summed E-state index contributed by atoms with van der Waals surface area (Å²) in [5, 5.41) is 0. The Morgan fingerprint density at radius 3 is 2.62 bits per heavy atom. The minimum atomic E-state index is -4.34. The smallest absolute Gasteiger partial charge is 0.323 e. The van der Waals surface area contributed by atoms with Crippen molar-refractivity contribution in [2.75, 3.05) is 5.75 Å². The van der Waals surface area contributed by atoms with E-state index in [4.69, 9.17) is 5.73 Å². The minimum absolute atomic E-state index is 0.0506. The second-order valence-electron chi connectivity index (χ2n) is 5.10. The zero-order valence-corrected chi connectivity index (χ0v) is 11.9. The van der Waals surface area contributed by atoms with E-state index >= 15 is 0 Å². The van der Waals surface area contributed by atoms with Gasteiger partial charge in [-0.05, 0) is 29.3 Å². The van der Waals surface area contributed by atoms with E-state index in [1.807, 2.05) is 24.3 Å². The topological polar surface area (TPSA) is 26.0 Å². The molecule has 2 unspecified atom stereocenters.